The molecule has 1 heterocycles. The molecule has 0 aliphatic heterocycles. The smallest absolute Gasteiger partial charge is 0.295 e. The fraction of sp³-hybridized carbons (Fsp3) is 0.188. The van der Waals surface area contributed by atoms with E-state index in [0.29, 0.717) is 0 Å². The maximum Gasteiger partial charge on any atom is 0.328 e. The van der Waals surface area contributed by atoms with Gasteiger partial charge in [0.15, 0.2) is 0 Å². The second-order valence-electron chi connectivity index (χ2n) is 5.06. The van der Waals surface area contributed by atoms with Crippen molar-refractivity contribution in [2.45, 2.75) is 5.38 Å². The topological polar surface area (TPSA) is 26.9 Å². The van der Waals surface area contributed by atoms with Crippen molar-refractivity contribution in [3.05, 3.63) is 69.9 Å². The maximum atomic E-state index is 13.0. The number of benzene rings is 2. The van der Waals surface area contributed by atoms with Gasteiger partial charge in [0, 0.05) is 14.1 Å². The van der Waals surface area contributed by atoms with Crippen LogP contribution in [0.5, 0.6) is 0 Å². The monoisotopic (exact) mass is 304 g/mol. The molecule has 0 bridgehead atoms. The van der Waals surface area contributed by atoms with E-state index in [9.17, 15) is 9.18 Å². The van der Waals surface area contributed by atoms with Crippen molar-refractivity contribution >= 4 is 22.6 Å². The van der Waals surface area contributed by atoms with Crippen LogP contribution in [0, 0.1) is 5.82 Å². The second kappa shape index (κ2) is 5.04. The molecule has 0 spiro atoms. The van der Waals surface area contributed by atoms with E-state index in [0.717, 1.165) is 22.2 Å². The van der Waals surface area contributed by atoms with E-state index in [2.05, 4.69) is 0 Å². The first-order chi connectivity index (χ1) is 9.99. The minimum Gasteiger partial charge on any atom is -0.295 e. The molecule has 5 heteroatoms. The van der Waals surface area contributed by atoms with Gasteiger partial charge in [0.05, 0.1) is 16.4 Å². The van der Waals surface area contributed by atoms with Crippen molar-refractivity contribution < 1.29 is 4.39 Å². The highest BCUT2D eigenvalue weighted by atomic mass is 35.5. The van der Waals surface area contributed by atoms with Crippen LogP contribution < -0.4 is 5.69 Å². The summed E-state index contributed by atoms with van der Waals surface area (Å²) in [7, 11) is 3.47. The van der Waals surface area contributed by atoms with E-state index in [-0.39, 0.29) is 16.9 Å². The van der Waals surface area contributed by atoms with Gasteiger partial charge in [-0.1, -0.05) is 18.2 Å². The predicted molar refractivity (Wildman–Crippen MR) is 82.3 cm³/mol. The summed E-state index contributed by atoms with van der Waals surface area (Å²) in [6, 6.07) is 11.8. The minimum atomic E-state index is -0.384. The lowest BCUT2D eigenvalue weighted by Gasteiger charge is -2.11. The fourth-order valence-electron chi connectivity index (χ4n) is 2.51. The largest absolute Gasteiger partial charge is 0.328 e. The highest BCUT2D eigenvalue weighted by Crippen LogP contribution is 2.30. The van der Waals surface area contributed by atoms with Gasteiger partial charge in [0.25, 0.3) is 0 Å². The van der Waals surface area contributed by atoms with Gasteiger partial charge < -0.3 is 0 Å². The first-order valence-electron chi connectivity index (χ1n) is 6.54. The van der Waals surface area contributed by atoms with Gasteiger partial charge >= 0.3 is 5.69 Å². The van der Waals surface area contributed by atoms with Gasteiger partial charge in [-0.15, -0.1) is 11.6 Å². The summed E-state index contributed by atoms with van der Waals surface area (Å²) in [6.45, 7) is 0. The third kappa shape index (κ3) is 2.25. The maximum absolute atomic E-state index is 13.0. The van der Waals surface area contributed by atoms with Crippen molar-refractivity contribution in [1.29, 1.82) is 0 Å². The molecule has 1 aromatic heterocycles. The Morgan fingerprint density at radius 3 is 2.19 bits per heavy atom. The molecule has 1 unspecified atom stereocenters. The number of alkyl halides is 1. The van der Waals surface area contributed by atoms with Crippen LogP contribution in [0.1, 0.15) is 16.5 Å². The van der Waals surface area contributed by atoms with Crippen molar-refractivity contribution in [3.63, 3.8) is 0 Å². The summed E-state index contributed by atoms with van der Waals surface area (Å²) in [5.41, 5.74) is 3.30. The highest BCUT2D eigenvalue weighted by molar-refractivity contribution is 6.22. The Kier molecular flexibility index (Phi) is 3.33. The van der Waals surface area contributed by atoms with Crippen LogP contribution in [0.4, 0.5) is 4.39 Å². The van der Waals surface area contributed by atoms with Crippen LogP contribution in [0.3, 0.4) is 0 Å². The van der Waals surface area contributed by atoms with Crippen molar-refractivity contribution in [2.75, 3.05) is 0 Å². The van der Waals surface area contributed by atoms with Crippen LogP contribution in [-0.2, 0) is 14.1 Å². The third-order valence-electron chi connectivity index (χ3n) is 3.75. The predicted octanol–water partition coefficient (Wildman–Crippen LogP) is 3.34. The molecular formula is C16H14ClFN2O. The number of imidazole rings is 1. The van der Waals surface area contributed by atoms with Crippen LogP contribution in [0.2, 0.25) is 0 Å². The van der Waals surface area contributed by atoms with Crippen LogP contribution in [-0.4, -0.2) is 9.13 Å². The quantitative estimate of drug-likeness (QED) is 0.667. The van der Waals surface area contributed by atoms with E-state index in [1.807, 2.05) is 18.2 Å². The van der Waals surface area contributed by atoms with E-state index in [1.54, 1.807) is 35.4 Å². The average molecular weight is 305 g/mol. The fourth-order valence-corrected chi connectivity index (χ4v) is 2.79. The minimum absolute atomic E-state index is 0.0740. The molecule has 3 nitrogen and oxygen atoms in total. The molecule has 0 N–H and O–H groups in total. The number of halogens is 2. The molecule has 21 heavy (non-hydrogen) atoms. The standard InChI is InChI=1S/C16H14ClFN2O/c1-19-13-8-5-11(9-14(13)20(2)16(19)21)15(17)10-3-6-12(18)7-4-10/h3-9,15H,1-2H3. The van der Waals surface area contributed by atoms with Crippen molar-refractivity contribution in [1.82, 2.24) is 9.13 Å². The van der Waals surface area contributed by atoms with Gasteiger partial charge in [-0.3, -0.25) is 9.13 Å². The lowest BCUT2D eigenvalue weighted by Crippen LogP contribution is -2.19. The van der Waals surface area contributed by atoms with Crippen LogP contribution in [0.15, 0.2) is 47.3 Å². The first-order valence-corrected chi connectivity index (χ1v) is 6.97. The lowest BCUT2D eigenvalue weighted by atomic mass is 10.0. The first kappa shape index (κ1) is 13.9. The zero-order chi connectivity index (χ0) is 15.1. The Bertz CT molecular complexity index is 864. The molecule has 0 fully saturated rings. The number of nitrogens with zero attached hydrogens (tertiary/aromatic N) is 2. The zero-order valence-corrected chi connectivity index (χ0v) is 12.4. The molecule has 0 aliphatic carbocycles. The third-order valence-corrected chi connectivity index (χ3v) is 4.26. The van der Waals surface area contributed by atoms with Gasteiger partial charge in [-0.25, -0.2) is 9.18 Å². The summed E-state index contributed by atoms with van der Waals surface area (Å²) in [4.78, 5) is 11.9. The molecule has 0 radical (unpaired) electrons. The van der Waals surface area contributed by atoms with Gasteiger partial charge in [0.2, 0.25) is 0 Å². The Labute approximate surface area is 126 Å². The Balaban J connectivity index is 2.10. The van der Waals surface area contributed by atoms with E-state index in [1.165, 1.54) is 12.1 Å². The summed E-state index contributed by atoms with van der Waals surface area (Å²) in [5, 5.41) is -0.384. The number of aromatic nitrogens is 2. The number of hydrogen-bond donors (Lipinski definition) is 0. The summed E-state index contributed by atoms with van der Waals surface area (Å²) in [5.74, 6) is -0.288. The number of fused-ring (bicyclic) bond motifs is 1. The Morgan fingerprint density at radius 2 is 1.52 bits per heavy atom. The number of aryl methyl sites for hydroxylation is 2. The molecular weight excluding hydrogens is 291 g/mol. The molecule has 3 aromatic rings. The zero-order valence-electron chi connectivity index (χ0n) is 11.7. The number of hydrogen-bond acceptors (Lipinski definition) is 1. The lowest BCUT2D eigenvalue weighted by molar-refractivity contribution is 0.627. The molecule has 1 atom stereocenters. The van der Waals surface area contributed by atoms with Gasteiger partial charge in [-0.2, -0.15) is 0 Å². The molecule has 3 rings (SSSR count). The normalized spacial score (nSPS) is 12.8. The van der Waals surface area contributed by atoms with Gasteiger partial charge in [-0.05, 0) is 35.4 Å². The molecule has 0 amide bonds. The van der Waals surface area contributed by atoms with Crippen molar-refractivity contribution in [2.24, 2.45) is 14.1 Å². The molecule has 0 aliphatic rings. The molecule has 108 valence electrons. The second-order valence-corrected chi connectivity index (χ2v) is 5.50. The Hall–Kier alpha value is -2.07. The van der Waals surface area contributed by atoms with E-state index < -0.39 is 0 Å². The SMILES string of the molecule is Cn1c(=O)n(C)c2cc(C(Cl)c3ccc(F)cc3)ccc21. The van der Waals surface area contributed by atoms with E-state index >= 15 is 0 Å². The molecule has 0 saturated heterocycles. The number of rotatable bonds is 2. The summed E-state index contributed by atoms with van der Waals surface area (Å²) >= 11 is 6.47. The van der Waals surface area contributed by atoms with Crippen molar-refractivity contribution in [3.8, 4) is 0 Å². The van der Waals surface area contributed by atoms with Crippen LogP contribution in [0.25, 0.3) is 11.0 Å². The summed E-state index contributed by atoms with van der Waals surface area (Å²) in [6.07, 6.45) is 0. The molecule has 0 saturated carbocycles. The average Bonchev–Trinajstić information content (AvgIpc) is 2.72. The summed E-state index contributed by atoms with van der Waals surface area (Å²) < 4.78 is 16.2. The van der Waals surface area contributed by atoms with E-state index in [4.69, 9.17) is 11.6 Å². The van der Waals surface area contributed by atoms with Crippen LogP contribution >= 0.6 is 11.6 Å². The Morgan fingerprint density at radius 1 is 0.952 bits per heavy atom. The molecule has 2 aromatic carbocycles. The van der Waals surface area contributed by atoms with Gasteiger partial charge in [0.1, 0.15) is 5.82 Å². The highest BCUT2D eigenvalue weighted by Gasteiger charge is 2.14.